The van der Waals surface area contributed by atoms with Gasteiger partial charge in [0.15, 0.2) is 0 Å². The molecule has 2 heterocycles. The second kappa shape index (κ2) is 4.62. The van der Waals surface area contributed by atoms with Crippen LogP contribution >= 0.6 is 11.6 Å². The standard InChI is InChI=1S/C13H10ClF3N2O2/c14-9-2-1-6(13(15,16)17)3-8(9)12(21)19-5-7-4-10(19)11(20)18-7/h1-3,7,10H,4-5H2,(H,18,20)/t7-,10-/m0/s1. The van der Waals surface area contributed by atoms with E-state index in [2.05, 4.69) is 5.32 Å². The lowest BCUT2D eigenvalue weighted by Gasteiger charge is -2.27. The number of hydrogen-bond donors (Lipinski definition) is 1. The van der Waals surface area contributed by atoms with Gasteiger partial charge in [0.1, 0.15) is 6.04 Å². The van der Waals surface area contributed by atoms with Gasteiger partial charge in [0.05, 0.1) is 16.1 Å². The number of amides is 2. The number of piperazine rings is 1. The van der Waals surface area contributed by atoms with E-state index in [1.54, 1.807) is 0 Å². The normalized spacial score (nSPS) is 24.4. The summed E-state index contributed by atoms with van der Waals surface area (Å²) in [4.78, 5) is 25.2. The summed E-state index contributed by atoms with van der Waals surface area (Å²) < 4.78 is 38.2. The molecule has 0 aliphatic carbocycles. The van der Waals surface area contributed by atoms with Crippen molar-refractivity contribution in [3.05, 3.63) is 34.3 Å². The third-order valence-corrected chi connectivity index (χ3v) is 4.06. The van der Waals surface area contributed by atoms with Gasteiger partial charge in [-0.15, -0.1) is 0 Å². The maximum atomic E-state index is 12.7. The van der Waals surface area contributed by atoms with Gasteiger partial charge in [0.2, 0.25) is 5.91 Å². The van der Waals surface area contributed by atoms with Crippen molar-refractivity contribution in [1.29, 1.82) is 0 Å². The monoisotopic (exact) mass is 318 g/mol. The molecule has 0 spiro atoms. The third kappa shape index (κ3) is 2.35. The van der Waals surface area contributed by atoms with Gasteiger partial charge in [-0.3, -0.25) is 9.59 Å². The molecule has 21 heavy (non-hydrogen) atoms. The minimum Gasteiger partial charge on any atom is -0.350 e. The largest absolute Gasteiger partial charge is 0.416 e. The number of halogens is 4. The van der Waals surface area contributed by atoms with Gasteiger partial charge in [0, 0.05) is 12.6 Å². The molecule has 2 bridgehead atoms. The average molecular weight is 319 g/mol. The number of hydrogen-bond acceptors (Lipinski definition) is 2. The van der Waals surface area contributed by atoms with Gasteiger partial charge in [0.25, 0.3) is 5.91 Å². The van der Waals surface area contributed by atoms with E-state index in [4.69, 9.17) is 11.6 Å². The Labute approximate surface area is 122 Å². The molecule has 1 N–H and O–H groups in total. The first kappa shape index (κ1) is 14.2. The fourth-order valence-corrected chi connectivity index (χ4v) is 2.93. The predicted octanol–water partition coefficient (Wildman–Crippen LogP) is 2.07. The first-order valence-electron chi connectivity index (χ1n) is 6.25. The minimum atomic E-state index is -4.55. The van der Waals surface area contributed by atoms with Crippen LogP contribution in [0.15, 0.2) is 18.2 Å². The zero-order valence-electron chi connectivity index (χ0n) is 10.6. The van der Waals surface area contributed by atoms with E-state index < -0.39 is 23.7 Å². The van der Waals surface area contributed by atoms with Crippen molar-refractivity contribution >= 4 is 23.4 Å². The number of nitrogens with zero attached hydrogens (tertiary/aromatic N) is 1. The Morgan fingerprint density at radius 2 is 2.10 bits per heavy atom. The Morgan fingerprint density at radius 1 is 1.38 bits per heavy atom. The number of likely N-dealkylation sites (tertiary alicyclic amines) is 1. The Balaban J connectivity index is 1.93. The van der Waals surface area contributed by atoms with E-state index >= 15 is 0 Å². The van der Waals surface area contributed by atoms with Crippen LogP contribution in [0.1, 0.15) is 22.3 Å². The number of rotatable bonds is 1. The molecule has 4 nitrogen and oxygen atoms in total. The highest BCUT2D eigenvalue weighted by Gasteiger charge is 2.46. The summed E-state index contributed by atoms with van der Waals surface area (Å²) in [6, 6.07) is 1.85. The van der Waals surface area contributed by atoms with Gasteiger partial charge < -0.3 is 10.2 Å². The molecule has 2 aliphatic rings. The van der Waals surface area contributed by atoms with Crippen molar-refractivity contribution in [1.82, 2.24) is 10.2 Å². The van der Waals surface area contributed by atoms with Crippen molar-refractivity contribution < 1.29 is 22.8 Å². The molecule has 2 fully saturated rings. The maximum absolute atomic E-state index is 12.7. The number of alkyl halides is 3. The first-order chi connectivity index (χ1) is 9.77. The lowest BCUT2D eigenvalue weighted by Crippen LogP contribution is -2.50. The number of carbonyl (C=O) groups excluding carboxylic acids is 2. The Hall–Kier alpha value is -1.76. The molecule has 2 aliphatic heterocycles. The minimum absolute atomic E-state index is 0.0591. The molecular formula is C13H10ClF3N2O2. The van der Waals surface area contributed by atoms with Crippen LogP contribution in [-0.2, 0) is 11.0 Å². The van der Waals surface area contributed by atoms with Gasteiger partial charge in [-0.1, -0.05) is 11.6 Å². The lowest BCUT2D eigenvalue weighted by molar-refractivity contribution is -0.137. The van der Waals surface area contributed by atoms with Crippen LogP contribution in [0.2, 0.25) is 5.02 Å². The van der Waals surface area contributed by atoms with E-state index in [-0.39, 0.29) is 22.5 Å². The summed E-state index contributed by atoms with van der Waals surface area (Å²) in [5.41, 5.74) is -1.17. The molecule has 112 valence electrons. The smallest absolute Gasteiger partial charge is 0.350 e. The summed E-state index contributed by atoms with van der Waals surface area (Å²) in [5.74, 6) is -0.920. The van der Waals surface area contributed by atoms with Crippen LogP contribution in [0.25, 0.3) is 0 Å². The van der Waals surface area contributed by atoms with Gasteiger partial charge in [-0.05, 0) is 24.6 Å². The van der Waals surface area contributed by atoms with Crippen molar-refractivity contribution in [3.63, 3.8) is 0 Å². The maximum Gasteiger partial charge on any atom is 0.416 e. The molecule has 1 aromatic rings. The van der Waals surface area contributed by atoms with E-state index in [1.807, 2.05) is 0 Å². The number of nitrogens with one attached hydrogen (secondary N) is 1. The van der Waals surface area contributed by atoms with Crippen LogP contribution in [-0.4, -0.2) is 35.3 Å². The molecule has 0 saturated carbocycles. The van der Waals surface area contributed by atoms with Crippen molar-refractivity contribution in [3.8, 4) is 0 Å². The summed E-state index contributed by atoms with van der Waals surface area (Å²) in [5, 5.41) is 2.63. The van der Waals surface area contributed by atoms with Crippen molar-refractivity contribution in [2.75, 3.05) is 6.54 Å². The molecule has 2 atom stereocenters. The second-order valence-electron chi connectivity index (χ2n) is 5.11. The highest BCUT2D eigenvalue weighted by atomic mass is 35.5. The van der Waals surface area contributed by atoms with E-state index in [0.717, 1.165) is 18.2 Å². The predicted molar refractivity (Wildman–Crippen MR) is 67.8 cm³/mol. The first-order valence-corrected chi connectivity index (χ1v) is 6.63. The van der Waals surface area contributed by atoms with E-state index in [9.17, 15) is 22.8 Å². The Kier molecular flexibility index (Phi) is 3.12. The molecule has 0 unspecified atom stereocenters. The summed E-state index contributed by atoms with van der Waals surface area (Å²) >= 11 is 5.84. The SMILES string of the molecule is O=C1N[C@H]2C[C@@H]1N(C(=O)c1cc(C(F)(F)F)ccc1Cl)C2. The highest BCUT2D eigenvalue weighted by molar-refractivity contribution is 6.34. The van der Waals surface area contributed by atoms with E-state index in [0.29, 0.717) is 13.0 Å². The quantitative estimate of drug-likeness (QED) is 0.862. The van der Waals surface area contributed by atoms with Crippen LogP contribution in [0.4, 0.5) is 13.2 Å². The Morgan fingerprint density at radius 3 is 2.67 bits per heavy atom. The van der Waals surface area contributed by atoms with Crippen LogP contribution in [0.3, 0.4) is 0 Å². The summed E-state index contributed by atoms with van der Waals surface area (Å²) in [6.07, 6.45) is -4.07. The Bertz CT molecular complexity index is 632. The van der Waals surface area contributed by atoms with Gasteiger partial charge in [-0.25, -0.2) is 0 Å². The second-order valence-corrected chi connectivity index (χ2v) is 5.51. The topological polar surface area (TPSA) is 49.4 Å². The van der Waals surface area contributed by atoms with Gasteiger partial charge in [-0.2, -0.15) is 13.2 Å². The zero-order valence-corrected chi connectivity index (χ0v) is 11.3. The molecule has 3 rings (SSSR count). The zero-order chi connectivity index (χ0) is 15.4. The van der Waals surface area contributed by atoms with Crippen LogP contribution in [0.5, 0.6) is 0 Å². The van der Waals surface area contributed by atoms with Crippen LogP contribution in [0, 0.1) is 0 Å². The fraction of sp³-hybridized carbons (Fsp3) is 0.385. The third-order valence-electron chi connectivity index (χ3n) is 3.74. The number of benzene rings is 1. The molecule has 8 heteroatoms. The molecule has 0 radical (unpaired) electrons. The average Bonchev–Trinajstić information content (AvgIpc) is 2.96. The molecular weight excluding hydrogens is 309 g/mol. The molecule has 2 saturated heterocycles. The lowest BCUT2D eigenvalue weighted by atomic mass is 10.1. The number of fused-ring (bicyclic) bond motifs is 2. The number of carbonyl (C=O) groups is 2. The van der Waals surface area contributed by atoms with E-state index in [1.165, 1.54) is 4.90 Å². The molecule has 1 aromatic carbocycles. The summed E-state index contributed by atoms with van der Waals surface area (Å²) in [6.45, 7) is 0.293. The molecule has 0 aromatic heterocycles. The fourth-order valence-electron chi connectivity index (χ4n) is 2.73. The van der Waals surface area contributed by atoms with Gasteiger partial charge >= 0.3 is 6.18 Å². The molecule has 2 amide bonds. The van der Waals surface area contributed by atoms with Crippen LogP contribution < -0.4 is 5.32 Å². The van der Waals surface area contributed by atoms with Crippen molar-refractivity contribution in [2.24, 2.45) is 0 Å². The van der Waals surface area contributed by atoms with Crippen molar-refractivity contribution in [2.45, 2.75) is 24.7 Å². The summed E-state index contributed by atoms with van der Waals surface area (Å²) in [7, 11) is 0. The highest BCUT2D eigenvalue weighted by Crippen LogP contribution is 2.33.